The highest BCUT2D eigenvalue weighted by Gasteiger charge is 2.20. The van der Waals surface area contributed by atoms with Gasteiger partial charge in [-0.1, -0.05) is 44.0 Å². The van der Waals surface area contributed by atoms with Gasteiger partial charge in [0, 0.05) is 0 Å². The van der Waals surface area contributed by atoms with Crippen LogP contribution in [0.2, 0.25) is 0 Å². The van der Waals surface area contributed by atoms with Crippen molar-refractivity contribution in [3.8, 4) is 12.3 Å². The molecule has 1 N–H and O–H groups in total. The quantitative estimate of drug-likeness (QED) is 0.794. The lowest BCUT2D eigenvalue weighted by Gasteiger charge is -2.13. The van der Waals surface area contributed by atoms with Gasteiger partial charge in [-0.2, -0.15) is 0 Å². The molecule has 90 valence electrons. The summed E-state index contributed by atoms with van der Waals surface area (Å²) in [6.07, 6.45) is 4.06. The van der Waals surface area contributed by atoms with E-state index < -0.39 is 12.1 Å². The highest BCUT2D eigenvalue weighted by Crippen LogP contribution is 2.21. The predicted octanol–water partition coefficient (Wildman–Crippen LogP) is 2.59. The molecule has 1 rings (SSSR count). The molecule has 0 amide bonds. The van der Waals surface area contributed by atoms with Gasteiger partial charge in [-0.15, -0.1) is 6.42 Å². The molecule has 0 aliphatic rings. The molecule has 0 aliphatic heterocycles. The average molecular weight is 232 g/mol. The number of benzene rings is 1. The van der Waals surface area contributed by atoms with Crippen molar-refractivity contribution in [2.24, 2.45) is 0 Å². The standard InChI is InChI=1S/C14H16O3/c1-4-9-17-13(14(15)16)12-7-5-11(6-8-12)10(2)3/h1,5-8,10,13H,9H2,2-3H3,(H,15,16). The monoisotopic (exact) mass is 232 g/mol. The lowest BCUT2D eigenvalue weighted by atomic mass is 10.00. The van der Waals surface area contributed by atoms with E-state index in [1.54, 1.807) is 12.1 Å². The van der Waals surface area contributed by atoms with E-state index in [9.17, 15) is 4.79 Å². The van der Waals surface area contributed by atoms with Gasteiger partial charge < -0.3 is 9.84 Å². The smallest absolute Gasteiger partial charge is 0.337 e. The zero-order valence-corrected chi connectivity index (χ0v) is 10.0. The minimum atomic E-state index is -1.03. The second-order valence-corrected chi connectivity index (χ2v) is 4.05. The summed E-state index contributed by atoms with van der Waals surface area (Å²) in [6, 6.07) is 7.36. The van der Waals surface area contributed by atoms with Crippen molar-refractivity contribution in [1.29, 1.82) is 0 Å². The molecule has 0 radical (unpaired) electrons. The van der Waals surface area contributed by atoms with E-state index in [4.69, 9.17) is 16.3 Å². The minimum absolute atomic E-state index is 0.0110. The zero-order chi connectivity index (χ0) is 12.8. The van der Waals surface area contributed by atoms with E-state index in [0.717, 1.165) is 5.56 Å². The van der Waals surface area contributed by atoms with E-state index in [2.05, 4.69) is 19.8 Å². The Morgan fingerprint density at radius 1 is 1.35 bits per heavy atom. The summed E-state index contributed by atoms with van der Waals surface area (Å²) >= 11 is 0. The number of hydrogen-bond donors (Lipinski definition) is 1. The molecule has 0 spiro atoms. The topological polar surface area (TPSA) is 46.5 Å². The van der Waals surface area contributed by atoms with Gasteiger partial charge in [0.15, 0.2) is 6.10 Å². The van der Waals surface area contributed by atoms with Gasteiger partial charge in [0.05, 0.1) is 0 Å². The molecule has 0 bridgehead atoms. The SMILES string of the molecule is C#CCOC(C(=O)O)c1ccc(C(C)C)cc1. The molecule has 1 atom stereocenters. The first-order chi connectivity index (χ1) is 8.06. The van der Waals surface area contributed by atoms with Gasteiger partial charge in [-0.25, -0.2) is 4.79 Å². The molecular formula is C14H16O3. The predicted molar refractivity (Wildman–Crippen MR) is 65.7 cm³/mol. The third-order valence-electron chi connectivity index (χ3n) is 2.46. The number of hydrogen-bond acceptors (Lipinski definition) is 2. The molecule has 1 unspecified atom stereocenters. The molecule has 0 aromatic heterocycles. The van der Waals surface area contributed by atoms with Gasteiger partial charge in [0.1, 0.15) is 6.61 Å². The summed E-state index contributed by atoms with van der Waals surface area (Å²) in [7, 11) is 0. The van der Waals surface area contributed by atoms with Crippen LogP contribution in [0.5, 0.6) is 0 Å². The molecule has 17 heavy (non-hydrogen) atoms. The highest BCUT2D eigenvalue weighted by molar-refractivity contribution is 5.74. The molecule has 0 fully saturated rings. The van der Waals surface area contributed by atoms with E-state index >= 15 is 0 Å². The van der Waals surface area contributed by atoms with Crippen molar-refractivity contribution in [3.05, 3.63) is 35.4 Å². The third-order valence-corrected chi connectivity index (χ3v) is 2.46. The van der Waals surface area contributed by atoms with Crippen molar-refractivity contribution < 1.29 is 14.6 Å². The van der Waals surface area contributed by atoms with Crippen LogP contribution in [0.4, 0.5) is 0 Å². The van der Waals surface area contributed by atoms with Crippen molar-refractivity contribution in [3.63, 3.8) is 0 Å². The second-order valence-electron chi connectivity index (χ2n) is 4.05. The van der Waals surface area contributed by atoms with Gasteiger partial charge in [-0.05, 0) is 17.0 Å². The Morgan fingerprint density at radius 2 is 1.88 bits per heavy atom. The summed E-state index contributed by atoms with van der Waals surface area (Å²) < 4.78 is 5.10. The Hall–Kier alpha value is -1.79. The first-order valence-electron chi connectivity index (χ1n) is 5.44. The van der Waals surface area contributed by atoms with Crippen LogP contribution in [0, 0.1) is 12.3 Å². The molecule has 1 aromatic carbocycles. The van der Waals surface area contributed by atoms with Crippen molar-refractivity contribution in [2.75, 3.05) is 6.61 Å². The number of aliphatic carboxylic acids is 1. The van der Waals surface area contributed by atoms with Crippen LogP contribution in [0.3, 0.4) is 0 Å². The zero-order valence-electron chi connectivity index (χ0n) is 10.0. The number of carboxylic acids is 1. The van der Waals surface area contributed by atoms with E-state index in [1.165, 1.54) is 0 Å². The Bertz CT molecular complexity index is 412. The van der Waals surface area contributed by atoms with E-state index in [1.807, 2.05) is 12.1 Å². The van der Waals surface area contributed by atoms with Gasteiger partial charge >= 0.3 is 5.97 Å². The van der Waals surface area contributed by atoms with Gasteiger partial charge in [-0.3, -0.25) is 0 Å². The fourth-order valence-corrected chi connectivity index (χ4v) is 1.50. The molecule has 3 heteroatoms. The Balaban J connectivity index is 2.88. The lowest BCUT2D eigenvalue weighted by molar-refractivity contribution is -0.149. The largest absolute Gasteiger partial charge is 0.479 e. The molecule has 3 nitrogen and oxygen atoms in total. The number of ether oxygens (including phenoxy) is 1. The molecule has 0 aliphatic carbocycles. The summed E-state index contributed by atoms with van der Waals surface area (Å²) in [6.45, 7) is 4.15. The molecular weight excluding hydrogens is 216 g/mol. The maximum atomic E-state index is 11.0. The Morgan fingerprint density at radius 3 is 2.29 bits per heavy atom. The highest BCUT2D eigenvalue weighted by atomic mass is 16.5. The summed E-state index contributed by atoms with van der Waals surface area (Å²) in [5.74, 6) is 1.65. The van der Waals surface area contributed by atoms with Crippen molar-refractivity contribution in [1.82, 2.24) is 0 Å². The van der Waals surface area contributed by atoms with Gasteiger partial charge in [0.25, 0.3) is 0 Å². The number of carboxylic acid groups (broad SMARTS) is 1. The van der Waals surface area contributed by atoms with Crippen LogP contribution in [0.1, 0.15) is 37.0 Å². The fourth-order valence-electron chi connectivity index (χ4n) is 1.50. The van der Waals surface area contributed by atoms with Crippen LogP contribution >= 0.6 is 0 Å². The van der Waals surface area contributed by atoms with Crippen LogP contribution in [-0.2, 0) is 9.53 Å². The first kappa shape index (κ1) is 13.3. The molecule has 0 saturated carbocycles. The van der Waals surface area contributed by atoms with Gasteiger partial charge in [0.2, 0.25) is 0 Å². The average Bonchev–Trinajstić information content (AvgIpc) is 2.29. The maximum Gasteiger partial charge on any atom is 0.337 e. The number of carbonyl (C=O) groups is 1. The van der Waals surface area contributed by atoms with E-state index in [-0.39, 0.29) is 6.61 Å². The number of terminal acetylenes is 1. The van der Waals surface area contributed by atoms with Crippen molar-refractivity contribution >= 4 is 5.97 Å². The van der Waals surface area contributed by atoms with E-state index in [0.29, 0.717) is 11.5 Å². The fraction of sp³-hybridized carbons (Fsp3) is 0.357. The molecule has 0 saturated heterocycles. The minimum Gasteiger partial charge on any atom is -0.479 e. The normalized spacial score (nSPS) is 12.1. The lowest BCUT2D eigenvalue weighted by Crippen LogP contribution is -2.15. The van der Waals surface area contributed by atoms with Crippen LogP contribution in [0.15, 0.2) is 24.3 Å². The number of rotatable bonds is 5. The van der Waals surface area contributed by atoms with Crippen LogP contribution in [0.25, 0.3) is 0 Å². The van der Waals surface area contributed by atoms with Crippen molar-refractivity contribution in [2.45, 2.75) is 25.9 Å². The third kappa shape index (κ3) is 3.61. The summed E-state index contributed by atoms with van der Waals surface area (Å²) in [5.41, 5.74) is 1.77. The Kier molecular flexibility index (Phi) is 4.74. The maximum absolute atomic E-state index is 11.0. The second kappa shape index (κ2) is 6.07. The first-order valence-corrected chi connectivity index (χ1v) is 5.44. The van der Waals surface area contributed by atoms with Crippen LogP contribution < -0.4 is 0 Å². The Labute approximate surface area is 101 Å². The summed E-state index contributed by atoms with van der Waals surface area (Å²) in [4.78, 5) is 11.0. The molecule has 1 aromatic rings. The van der Waals surface area contributed by atoms with Crippen LogP contribution in [-0.4, -0.2) is 17.7 Å². The molecule has 0 heterocycles. The summed E-state index contributed by atoms with van der Waals surface area (Å²) in [5, 5.41) is 9.04.